The lowest BCUT2D eigenvalue weighted by Gasteiger charge is -2.02. The Morgan fingerprint density at radius 3 is 1.50 bits per heavy atom. The van der Waals surface area contributed by atoms with E-state index < -0.39 is 16.1 Å². The third-order valence-electron chi connectivity index (χ3n) is 1.03. The second kappa shape index (κ2) is 7.92. The smallest absolute Gasteiger partial charge is 0.202 e. The highest BCUT2D eigenvalue weighted by Gasteiger charge is 1.92. The summed E-state index contributed by atoms with van der Waals surface area (Å²) < 4.78 is 20.3. The first-order valence-corrected chi connectivity index (χ1v) is 6.60. The van der Waals surface area contributed by atoms with E-state index in [4.69, 9.17) is 9.79 Å². The molecule has 2 atom stereocenters. The zero-order valence-electron chi connectivity index (χ0n) is 6.54. The SMILES string of the molecule is O=[PH](O)CNCCNC[PH](=O)O. The lowest BCUT2D eigenvalue weighted by atomic mass is 10.6. The topological polar surface area (TPSA) is 98.7 Å². The quantitative estimate of drug-likeness (QED) is 0.322. The molecule has 0 aromatic rings. The van der Waals surface area contributed by atoms with Gasteiger partial charge in [-0.1, -0.05) is 0 Å². The average Bonchev–Trinajstić information content (AvgIpc) is 1.95. The molecular weight excluding hydrogens is 202 g/mol. The normalized spacial score (nSPS) is 15.8. The summed E-state index contributed by atoms with van der Waals surface area (Å²) in [6.07, 6.45) is 0.196. The van der Waals surface area contributed by atoms with E-state index in [0.717, 1.165) is 0 Å². The highest BCUT2D eigenvalue weighted by molar-refractivity contribution is 7.38. The third-order valence-corrected chi connectivity index (χ3v) is 2.14. The molecule has 2 unspecified atom stereocenters. The number of hydrogen-bond acceptors (Lipinski definition) is 4. The van der Waals surface area contributed by atoms with Crippen molar-refractivity contribution >= 4 is 16.1 Å². The second-order valence-electron chi connectivity index (χ2n) is 2.14. The van der Waals surface area contributed by atoms with Crippen molar-refractivity contribution in [3.8, 4) is 0 Å². The largest absolute Gasteiger partial charge is 0.345 e. The van der Waals surface area contributed by atoms with Crippen molar-refractivity contribution in [1.29, 1.82) is 0 Å². The molecule has 0 saturated carbocycles. The van der Waals surface area contributed by atoms with Gasteiger partial charge in [-0.3, -0.25) is 9.13 Å². The van der Waals surface area contributed by atoms with Gasteiger partial charge < -0.3 is 20.4 Å². The number of hydrogen-bond donors (Lipinski definition) is 4. The zero-order chi connectivity index (χ0) is 9.40. The Morgan fingerprint density at radius 1 is 0.917 bits per heavy atom. The molecule has 0 saturated heterocycles. The minimum Gasteiger partial charge on any atom is -0.345 e. The Bertz CT molecular complexity index is 147. The molecule has 4 N–H and O–H groups in total. The van der Waals surface area contributed by atoms with Crippen molar-refractivity contribution in [2.75, 3.05) is 25.7 Å². The maximum absolute atomic E-state index is 10.2. The van der Waals surface area contributed by atoms with Gasteiger partial charge in [-0.2, -0.15) is 0 Å². The molecule has 6 nitrogen and oxygen atoms in total. The molecule has 0 aliphatic heterocycles. The van der Waals surface area contributed by atoms with Gasteiger partial charge >= 0.3 is 0 Å². The van der Waals surface area contributed by atoms with Crippen molar-refractivity contribution in [2.45, 2.75) is 0 Å². The molecular formula is C4H14N2O4P2. The summed E-state index contributed by atoms with van der Waals surface area (Å²) in [5, 5.41) is 5.41. The van der Waals surface area contributed by atoms with Gasteiger partial charge in [-0.05, 0) is 0 Å². The van der Waals surface area contributed by atoms with E-state index in [1.54, 1.807) is 0 Å². The predicted molar refractivity (Wildman–Crippen MR) is 48.2 cm³/mol. The minimum atomic E-state index is -2.43. The van der Waals surface area contributed by atoms with Crippen LogP contribution in [0.3, 0.4) is 0 Å². The molecule has 0 fully saturated rings. The summed E-state index contributed by atoms with van der Waals surface area (Å²) in [6.45, 7) is 1.04. The van der Waals surface area contributed by atoms with Gasteiger partial charge in [-0.15, -0.1) is 0 Å². The second-order valence-corrected chi connectivity index (χ2v) is 4.42. The van der Waals surface area contributed by atoms with E-state index in [9.17, 15) is 9.13 Å². The predicted octanol–water partition coefficient (Wildman–Crippen LogP) is -0.985. The van der Waals surface area contributed by atoms with Crippen LogP contribution < -0.4 is 10.6 Å². The lowest BCUT2D eigenvalue weighted by molar-refractivity contribution is 0.490. The van der Waals surface area contributed by atoms with Crippen molar-refractivity contribution in [2.24, 2.45) is 0 Å². The maximum Gasteiger partial charge on any atom is 0.202 e. The van der Waals surface area contributed by atoms with Gasteiger partial charge in [0.1, 0.15) is 0 Å². The molecule has 0 radical (unpaired) electrons. The molecule has 0 amide bonds. The van der Waals surface area contributed by atoms with Crippen LogP contribution in [-0.2, 0) is 9.13 Å². The molecule has 0 spiro atoms. The van der Waals surface area contributed by atoms with Crippen LogP contribution in [0.15, 0.2) is 0 Å². The maximum atomic E-state index is 10.2. The van der Waals surface area contributed by atoms with E-state index in [1.807, 2.05) is 0 Å². The fourth-order valence-electron chi connectivity index (χ4n) is 0.567. The highest BCUT2D eigenvalue weighted by Crippen LogP contribution is 2.08. The first-order valence-electron chi connectivity index (χ1n) is 3.48. The Hall–Kier alpha value is 0.300. The molecule has 74 valence electrons. The monoisotopic (exact) mass is 216 g/mol. The molecule has 0 bridgehead atoms. The zero-order valence-corrected chi connectivity index (χ0v) is 8.54. The van der Waals surface area contributed by atoms with Gasteiger partial charge in [0.2, 0.25) is 16.1 Å². The summed E-state index contributed by atoms with van der Waals surface area (Å²) in [7, 11) is -4.86. The lowest BCUT2D eigenvalue weighted by Crippen LogP contribution is -2.26. The Morgan fingerprint density at radius 2 is 1.25 bits per heavy atom. The van der Waals surface area contributed by atoms with E-state index in [2.05, 4.69) is 10.6 Å². The molecule has 0 rings (SSSR count). The summed E-state index contributed by atoms with van der Waals surface area (Å²) >= 11 is 0. The molecule has 8 heteroatoms. The van der Waals surface area contributed by atoms with Gasteiger partial charge in [0.05, 0.1) is 12.6 Å². The van der Waals surface area contributed by atoms with E-state index in [1.165, 1.54) is 0 Å². The van der Waals surface area contributed by atoms with Crippen LogP contribution in [0.1, 0.15) is 0 Å². The summed E-state index contributed by atoms with van der Waals surface area (Å²) in [5.74, 6) is 0. The van der Waals surface area contributed by atoms with Crippen LogP contribution in [0, 0.1) is 0 Å². The Labute approximate surface area is 72.1 Å². The van der Waals surface area contributed by atoms with E-state index in [0.29, 0.717) is 13.1 Å². The molecule has 0 heterocycles. The molecule has 0 aliphatic carbocycles. The molecule has 0 aromatic heterocycles. The number of rotatable bonds is 7. The minimum absolute atomic E-state index is 0.0979. The van der Waals surface area contributed by atoms with Gasteiger partial charge in [-0.25, -0.2) is 0 Å². The molecule has 12 heavy (non-hydrogen) atoms. The third kappa shape index (κ3) is 10.3. The first kappa shape index (κ1) is 12.3. The van der Waals surface area contributed by atoms with Crippen molar-refractivity contribution in [3.05, 3.63) is 0 Å². The summed E-state index contributed by atoms with van der Waals surface area (Å²) in [5.41, 5.74) is 0. The number of nitrogens with one attached hydrogen (secondary N) is 2. The van der Waals surface area contributed by atoms with Crippen LogP contribution >= 0.6 is 16.1 Å². The fraction of sp³-hybridized carbons (Fsp3) is 1.00. The van der Waals surface area contributed by atoms with Crippen LogP contribution in [0.25, 0.3) is 0 Å². The van der Waals surface area contributed by atoms with Gasteiger partial charge in [0.15, 0.2) is 0 Å². The standard InChI is InChI=1S/C4H14N2O4P2/c7-11(8)3-5-1-2-6-4-12(9)10/h5-6,11-12H,1-4H2,(H,7,8)(H,9,10). The Balaban J connectivity index is 3.01. The van der Waals surface area contributed by atoms with Crippen LogP contribution in [0.4, 0.5) is 0 Å². The first-order chi connectivity index (χ1) is 5.63. The van der Waals surface area contributed by atoms with E-state index >= 15 is 0 Å². The van der Waals surface area contributed by atoms with Crippen LogP contribution in [0.5, 0.6) is 0 Å². The summed E-state index contributed by atoms with van der Waals surface area (Å²) in [6, 6.07) is 0. The van der Waals surface area contributed by atoms with Crippen molar-refractivity contribution in [3.63, 3.8) is 0 Å². The highest BCUT2D eigenvalue weighted by atomic mass is 31.1. The Kier molecular flexibility index (Phi) is 8.12. The van der Waals surface area contributed by atoms with Gasteiger partial charge in [0, 0.05) is 13.1 Å². The summed E-state index contributed by atoms with van der Waals surface area (Å²) in [4.78, 5) is 16.8. The fourth-order valence-corrected chi connectivity index (χ4v) is 1.35. The van der Waals surface area contributed by atoms with Crippen molar-refractivity contribution < 1.29 is 18.9 Å². The van der Waals surface area contributed by atoms with Crippen LogP contribution in [-0.4, -0.2) is 35.4 Å². The average molecular weight is 216 g/mol. The molecule has 0 aromatic carbocycles. The van der Waals surface area contributed by atoms with Crippen LogP contribution in [0.2, 0.25) is 0 Å². The van der Waals surface area contributed by atoms with E-state index in [-0.39, 0.29) is 12.6 Å². The molecule has 0 aliphatic rings. The van der Waals surface area contributed by atoms with Gasteiger partial charge in [0.25, 0.3) is 0 Å². The van der Waals surface area contributed by atoms with Crippen molar-refractivity contribution in [1.82, 2.24) is 10.6 Å².